The summed E-state index contributed by atoms with van der Waals surface area (Å²) in [7, 11) is -3.77. The molecular formula is C16H18N4O3S. The van der Waals surface area contributed by atoms with Crippen LogP contribution in [0, 0.1) is 13.8 Å². The van der Waals surface area contributed by atoms with Gasteiger partial charge in [0.1, 0.15) is 12.1 Å². The van der Waals surface area contributed by atoms with Gasteiger partial charge in [-0.2, -0.15) is 8.42 Å². The Labute approximate surface area is 140 Å². The van der Waals surface area contributed by atoms with Crippen molar-refractivity contribution in [3.05, 3.63) is 48.2 Å². The van der Waals surface area contributed by atoms with Crippen LogP contribution in [0.1, 0.15) is 18.3 Å². The van der Waals surface area contributed by atoms with Crippen molar-refractivity contribution in [2.75, 3.05) is 4.72 Å². The van der Waals surface area contributed by atoms with E-state index < -0.39 is 10.0 Å². The van der Waals surface area contributed by atoms with Gasteiger partial charge in [-0.05, 0) is 38.5 Å². The molecule has 1 aromatic carbocycles. The van der Waals surface area contributed by atoms with Crippen molar-refractivity contribution >= 4 is 15.7 Å². The highest BCUT2D eigenvalue weighted by atomic mass is 32.2. The number of nitrogens with zero attached hydrogens (tertiary/aromatic N) is 3. The molecule has 0 saturated carbocycles. The number of hydrogen-bond donors (Lipinski definition) is 1. The van der Waals surface area contributed by atoms with Gasteiger partial charge in [0.25, 0.3) is 10.0 Å². The molecule has 1 N–H and O–H groups in total. The molecule has 0 spiro atoms. The quantitative estimate of drug-likeness (QED) is 0.767. The third-order valence-corrected chi connectivity index (χ3v) is 5.05. The van der Waals surface area contributed by atoms with Crippen molar-refractivity contribution in [2.24, 2.45) is 0 Å². The van der Waals surface area contributed by atoms with Crippen LogP contribution in [-0.2, 0) is 16.6 Å². The second-order valence-electron chi connectivity index (χ2n) is 5.33. The average Bonchev–Trinajstić information content (AvgIpc) is 3.19. The Balaban J connectivity index is 1.97. The minimum absolute atomic E-state index is 0.00257. The van der Waals surface area contributed by atoms with Crippen LogP contribution in [0.5, 0.6) is 0 Å². The molecule has 2 heterocycles. The Bertz CT molecular complexity index is 959. The summed E-state index contributed by atoms with van der Waals surface area (Å²) in [6, 6.07) is 5.28. The molecule has 2 aromatic heterocycles. The number of benzene rings is 1. The summed E-state index contributed by atoms with van der Waals surface area (Å²) in [5.74, 6) is 1.10. The highest BCUT2D eigenvalue weighted by Gasteiger charge is 2.21. The number of oxazole rings is 1. The van der Waals surface area contributed by atoms with Crippen molar-refractivity contribution in [2.45, 2.75) is 32.3 Å². The molecule has 126 valence electrons. The van der Waals surface area contributed by atoms with Gasteiger partial charge in [0.15, 0.2) is 5.03 Å². The summed E-state index contributed by atoms with van der Waals surface area (Å²) in [5.41, 5.74) is 1.93. The van der Waals surface area contributed by atoms with Gasteiger partial charge in [-0.1, -0.05) is 6.07 Å². The summed E-state index contributed by atoms with van der Waals surface area (Å²) >= 11 is 0. The van der Waals surface area contributed by atoms with Crippen LogP contribution < -0.4 is 4.72 Å². The van der Waals surface area contributed by atoms with E-state index in [4.69, 9.17) is 4.42 Å². The lowest BCUT2D eigenvalue weighted by atomic mass is 10.1. The van der Waals surface area contributed by atoms with Crippen LogP contribution in [0.4, 0.5) is 5.69 Å². The monoisotopic (exact) mass is 346 g/mol. The predicted molar refractivity (Wildman–Crippen MR) is 90.1 cm³/mol. The highest BCUT2D eigenvalue weighted by molar-refractivity contribution is 7.92. The Hall–Kier alpha value is -2.61. The first kappa shape index (κ1) is 16.3. The lowest BCUT2D eigenvalue weighted by Crippen LogP contribution is -2.14. The van der Waals surface area contributed by atoms with Crippen LogP contribution in [0.15, 0.2) is 46.3 Å². The van der Waals surface area contributed by atoms with Crippen LogP contribution in [0.25, 0.3) is 11.5 Å². The second kappa shape index (κ2) is 6.12. The molecule has 3 rings (SSSR count). The van der Waals surface area contributed by atoms with E-state index in [1.807, 2.05) is 19.9 Å². The van der Waals surface area contributed by atoms with Crippen molar-refractivity contribution < 1.29 is 12.8 Å². The minimum atomic E-state index is -3.77. The lowest BCUT2D eigenvalue weighted by molar-refractivity contribution is 0.574. The second-order valence-corrected chi connectivity index (χ2v) is 6.96. The van der Waals surface area contributed by atoms with Crippen molar-refractivity contribution in [1.82, 2.24) is 14.5 Å². The van der Waals surface area contributed by atoms with Crippen LogP contribution in [-0.4, -0.2) is 23.0 Å². The Morgan fingerprint density at radius 2 is 2.08 bits per heavy atom. The Morgan fingerprint density at radius 1 is 1.29 bits per heavy atom. The van der Waals surface area contributed by atoms with Crippen LogP contribution in [0.3, 0.4) is 0 Å². The van der Waals surface area contributed by atoms with E-state index in [-0.39, 0.29) is 5.03 Å². The molecule has 0 saturated heterocycles. The maximum Gasteiger partial charge on any atom is 0.280 e. The maximum absolute atomic E-state index is 12.6. The zero-order valence-corrected chi connectivity index (χ0v) is 14.5. The molecule has 0 radical (unpaired) electrons. The normalized spacial score (nSPS) is 11.6. The smallest absolute Gasteiger partial charge is 0.280 e. The SMILES string of the molecule is CCn1cc(S(=O)(=O)Nc2cccc(-c3ncco3)c2C)nc1C. The third kappa shape index (κ3) is 2.92. The molecule has 0 unspecified atom stereocenters. The van der Waals surface area contributed by atoms with Gasteiger partial charge in [0, 0.05) is 18.3 Å². The molecule has 24 heavy (non-hydrogen) atoms. The highest BCUT2D eigenvalue weighted by Crippen LogP contribution is 2.28. The van der Waals surface area contributed by atoms with Crippen molar-refractivity contribution in [3.63, 3.8) is 0 Å². The molecule has 8 heteroatoms. The summed E-state index contributed by atoms with van der Waals surface area (Å²) in [6.07, 6.45) is 4.56. The first-order valence-corrected chi connectivity index (χ1v) is 8.96. The molecule has 3 aromatic rings. The minimum Gasteiger partial charge on any atom is -0.445 e. The number of hydrogen-bond acceptors (Lipinski definition) is 5. The van der Waals surface area contributed by atoms with E-state index in [2.05, 4.69) is 14.7 Å². The van der Waals surface area contributed by atoms with E-state index in [1.54, 1.807) is 29.8 Å². The van der Waals surface area contributed by atoms with Gasteiger partial charge in [0.2, 0.25) is 5.89 Å². The van der Waals surface area contributed by atoms with Crippen LogP contribution >= 0.6 is 0 Å². The number of anilines is 1. The molecule has 0 aliphatic rings. The molecule has 7 nitrogen and oxygen atoms in total. The first-order valence-electron chi connectivity index (χ1n) is 7.48. The standard InChI is InChI=1S/C16H18N4O3S/c1-4-20-10-15(18-12(20)3)24(21,22)19-14-7-5-6-13(11(14)2)16-17-8-9-23-16/h5-10,19H,4H2,1-3H3. The van der Waals surface area contributed by atoms with E-state index in [9.17, 15) is 8.42 Å². The van der Waals surface area contributed by atoms with E-state index in [1.165, 1.54) is 12.5 Å². The number of aryl methyl sites for hydroxylation is 2. The third-order valence-electron chi connectivity index (χ3n) is 3.81. The fraction of sp³-hybridized carbons (Fsp3) is 0.250. The number of nitrogens with one attached hydrogen (secondary N) is 1. The van der Waals surface area contributed by atoms with Crippen molar-refractivity contribution in [3.8, 4) is 11.5 Å². The topological polar surface area (TPSA) is 90.0 Å². The van der Waals surface area contributed by atoms with E-state index in [0.29, 0.717) is 23.9 Å². The van der Waals surface area contributed by atoms with Gasteiger partial charge in [-0.15, -0.1) is 0 Å². The first-order chi connectivity index (χ1) is 11.4. The molecule has 0 atom stereocenters. The Kier molecular flexibility index (Phi) is 4.15. The van der Waals surface area contributed by atoms with Crippen LogP contribution in [0.2, 0.25) is 0 Å². The number of sulfonamides is 1. The Morgan fingerprint density at radius 3 is 2.71 bits per heavy atom. The number of aromatic nitrogens is 3. The lowest BCUT2D eigenvalue weighted by Gasteiger charge is -2.11. The molecule has 0 aliphatic heterocycles. The van der Waals surface area contributed by atoms with Gasteiger partial charge < -0.3 is 8.98 Å². The number of imidazole rings is 1. The van der Waals surface area contributed by atoms with Crippen molar-refractivity contribution in [1.29, 1.82) is 0 Å². The summed E-state index contributed by atoms with van der Waals surface area (Å²) in [4.78, 5) is 8.24. The average molecular weight is 346 g/mol. The maximum atomic E-state index is 12.6. The van der Waals surface area contributed by atoms with E-state index in [0.717, 1.165) is 11.1 Å². The van der Waals surface area contributed by atoms with Gasteiger partial charge in [-0.3, -0.25) is 4.72 Å². The molecule has 0 fully saturated rings. The van der Waals surface area contributed by atoms with E-state index >= 15 is 0 Å². The predicted octanol–water partition coefficient (Wildman–Crippen LogP) is 2.98. The molecule has 0 amide bonds. The summed E-state index contributed by atoms with van der Waals surface area (Å²) < 4.78 is 34.9. The molecular weight excluding hydrogens is 328 g/mol. The zero-order valence-electron chi connectivity index (χ0n) is 13.6. The zero-order chi connectivity index (χ0) is 17.3. The molecule has 0 bridgehead atoms. The fourth-order valence-corrected chi connectivity index (χ4v) is 3.59. The van der Waals surface area contributed by atoms with Gasteiger partial charge >= 0.3 is 0 Å². The fourth-order valence-electron chi connectivity index (χ4n) is 2.46. The largest absolute Gasteiger partial charge is 0.445 e. The summed E-state index contributed by atoms with van der Waals surface area (Å²) in [6.45, 7) is 6.18. The molecule has 0 aliphatic carbocycles. The summed E-state index contributed by atoms with van der Waals surface area (Å²) in [5, 5.41) is 0.00257. The number of rotatable bonds is 5. The van der Waals surface area contributed by atoms with Gasteiger partial charge in [-0.25, -0.2) is 9.97 Å². The van der Waals surface area contributed by atoms with Gasteiger partial charge in [0.05, 0.1) is 11.9 Å².